The molecular weight excluding hydrogens is 468 g/mol. The molecule has 2 aromatic carbocycles. The van der Waals surface area contributed by atoms with E-state index >= 15 is 0 Å². The van der Waals surface area contributed by atoms with Gasteiger partial charge in [0.1, 0.15) is 0 Å². The third-order valence-corrected chi connectivity index (χ3v) is 4.67. The van der Waals surface area contributed by atoms with Crippen molar-refractivity contribution in [3.05, 3.63) is 49.0 Å². The number of methoxy groups -OCH3 is 2. The Balaban J connectivity index is 2.19. The SMILES string of the molecule is COc1cc(Br)c(CNc2ccc(I)cc2Cl)cc1OC. The predicted octanol–water partition coefficient (Wildman–Crippen LogP) is 5.34. The van der Waals surface area contributed by atoms with Gasteiger partial charge in [-0.15, -0.1) is 0 Å². The van der Waals surface area contributed by atoms with Crippen molar-refractivity contribution in [1.29, 1.82) is 0 Å². The first kappa shape index (κ1) is 16.7. The van der Waals surface area contributed by atoms with E-state index in [1.54, 1.807) is 14.2 Å². The Morgan fingerprint density at radius 1 is 1.14 bits per heavy atom. The van der Waals surface area contributed by atoms with Gasteiger partial charge in [0.25, 0.3) is 0 Å². The third kappa shape index (κ3) is 4.17. The fourth-order valence-corrected chi connectivity index (χ4v) is 3.24. The second-order valence-corrected chi connectivity index (χ2v) is 6.78. The summed E-state index contributed by atoms with van der Waals surface area (Å²) in [5, 5.41) is 4.03. The minimum absolute atomic E-state index is 0.626. The van der Waals surface area contributed by atoms with Gasteiger partial charge < -0.3 is 14.8 Å². The molecule has 1 N–H and O–H groups in total. The number of anilines is 1. The van der Waals surface area contributed by atoms with Gasteiger partial charge in [-0.25, -0.2) is 0 Å². The van der Waals surface area contributed by atoms with Gasteiger partial charge in [-0.3, -0.25) is 0 Å². The molecule has 0 aliphatic carbocycles. The molecule has 0 aliphatic rings. The molecule has 2 rings (SSSR count). The first-order valence-corrected chi connectivity index (χ1v) is 8.39. The van der Waals surface area contributed by atoms with Crippen molar-refractivity contribution < 1.29 is 9.47 Å². The van der Waals surface area contributed by atoms with Gasteiger partial charge in [-0.05, 0) is 58.5 Å². The number of hydrogen-bond donors (Lipinski definition) is 1. The Labute approximate surface area is 151 Å². The highest BCUT2D eigenvalue weighted by atomic mass is 127. The van der Waals surface area contributed by atoms with Gasteiger partial charge in [-0.1, -0.05) is 27.5 Å². The van der Waals surface area contributed by atoms with Crippen molar-refractivity contribution in [2.45, 2.75) is 6.54 Å². The van der Waals surface area contributed by atoms with Crippen molar-refractivity contribution in [1.82, 2.24) is 0 Å². The van der Waals surface area contributed by atoms with Crippen LogP contribution < -0.4 is 14.8 Å². The minimum atomic E-state index is 0.626. The highest BCUT2D eigenvalue weighted by Gasteiger charge is 2.10. The molecular formula is C15H14BrClINO2. The predicted molar refractivity (Wildman–Crippen MR) is 98.7 cm³/mol. The van der Waals surface area contributed by atoms with Gasteiger partial charge in [0, 0.05) is 14.6 Å². The number of ether oxygens (including phenoxy) is 2. The summed E-state index contributed by atoms with van der Waals surface area (Å²) in [5.41, 5.74) is 1.96. The lowest BCUT2D eigenvalue weighted by atomic mass is 10.2. The zero-order valence-electron chi connectivity index (χ0n) is 11.5. The summed E-state index contributed by atoms with van der Waals surface area (Å²) in [6, 6.07) is 9.74. The monoisotopic (exact) mass is 481 g/mol. The van der Waals surface area contributed by atoms with Gasteiger partial charge >= 0.3 is 0 Å². The van der Waals surface area contributed by atoms with E-state index in [0.29, 0.717) is 23.1 Å². The standard InChI is InChI=1S/C15H14BrClINO2/c1-20-14-5-9(11(16)7-15(14)21-2)8-19-13-4-3-10(18)6-12(13)17/h3-7,19H,8H2,1-2H3. The van der Waals surface area contributed by atoms with Gasteiger partial charge in [0.2, 0.25) is 0 Å². The van der Waals surface area contributed by atoms with Crippen molar-refractivity contribution in [2.24, 2.45) is 0 Å². The summed E-state index contributed by atoms with van der Waals surface area (Å²) in [6.45, 7) is 0.626. The third-order valence-electron chi connectivity index (χ3n) is 2.95. The maximum atomic E-state index is 6.22. The van der Waals surface area contributed by atoms with Gasteiger partial charge in [0.05, 0.1) is 24.9 Å². The van der Waals surface area contributed by atoms with Crippen LogP contribution in [-0.2, 0) is 6.54 Å². The summed E-state index contributed by atoms with van der Waals surface area (Å²) in [7, 11) is 3.24. The summed E-state index contributed by atoms with van der Waals surface area (Å²) in [5.74, 6) is 1.40. The van der Waals surface area contributed by atoms with E-state index in [1.165, 1.54) is 0 Å². The quantitative estimate of drug-likeness (QED) is 0.584. The lowest BCUT2D eigenvalue weighted by Gasteiger charge is -2.14. The summed E-state index contributed by atoms with van der Waals surface area (Å²) in [6.07, 6.45) is 0. The molecule has 0 radical (unpaired) electrons. The van der Waals surface area contributed by atoms with E-state index in [4.69, 9.17) is 21.1 Å². The molecule has 2 aromatic rings. The molecule has 0 atom stereocenters. The molecule has 0 saturated carbocycles. The molecule has 0 bridgehead atoms. The molecule has 3 nitrogen and oxygen atoms in total. The summed E-state index contributed by atoms with van der Waals surface area (Å²) in [4.78, 5) is 0. The lowest BCUT2D eigenvalue weighted by Crippen LogP contribution is -2.02. The summed E-state index contributed by atoms with van der Waals surface area (Å²) < 4.78 is 12.7. The molecule has 0 fully saturated rings. The molecule has 0 amide bonds. The largest absolute Gasteiger partial charge is 0.493 e. The Kier molecular flexibility index (Phi) is 6.01. The fraction of sp³-hybridized carbons (Fsp3) is 0.200. The number of benzene rings is 2. The van der Waals surface area contributed by atoms with E-state index < -0.39 is 0 Å². The van der Waals surface area contributed by atoms with E-state index in [1.807, 2.05) is 30.3 Å². The van der Waals surface area contributed by atoms with Crippen LogP contribution >= 0.6 is 50.1 Å². The van der Waals surface area contributed by atoms with Crippen molar-refractivity contribution in [3.63, 3.8) is 0 Å². The van der Waals surface area contributed by atoms with Crippen LogP contribution in [0.25, 0.3) is 0 Å². The highest BCUT2D eigenvalue weighted by Crippen LogP contribution is 2.34. The fourth-order valence-electron chi connectivity index (χ4n) is 1.86. The van der Waals surface area contributed by atoms with Crippen LogP contribution in [-0.4, -0.2) is 14.2 Å². The van der Waals surface area contributed by atoms with Crippen LogP contribution in [0, 0.1) is 3.57 Å². The molecule has 0 spiro atoms. The van der Waals surface area contributed by atoms with Gasteiger partial charge in [-0.2, -0.15) is 0 Å². The van der Waals surface area contributed by atoms with Crippen LogP contribution in [0.5, 0.6) is 11.5 Å². The average molecular weight is 483 g/mol. The number of halogens is 3. The number of nitrogens with one attached hydrogen (secondary N) is 1. The first-order chi connectivity index (χ1) is 10.0. The average Bonchev–Trinajstić information content (AvgIpc) is 2.47. The van der Waals surface area contributed by atoms with Crippen LogP contribution in [0.2, 0.25) is 5.02 Å². The first-order valence-electron chi connectivity index (χ1n) is 6.14. The van der Waals surface area contributed by atoms with E-state index in [-0.39, 0.29) is 0 Å². The molecule has 0 unspecified atom stereocenters. The second-order valence-electron chi connectivity index (χ2n) is 4.28. The maximum Gasteiger partial charge on any atom is 0.161 e. The maximum absolute atomic E-state index is 6.22. The van der Waals surface area contributed by atoms with Crippen molar-refractivity contribution >= 4 is 55.8 Å². The van der Waals surface area contributed by atoms with Crippen LogP contribution in [0.15, 0.2) is 34.8 Å². The lowest BCUT2D eigenvalue weighted by molar-refractivity contribution is 0.354. The van der Waals surface area contributed by atoms with E-state index in [2.05, 4.69) is 43.8 Å². The van der Waals surface area contributed by atoms with Crippen LogP contribution in [0.1, 0.15) is 5.56 Å². The molecule has 0 saturated heterocycles. The molecule has 0 heterocycles. The smallest absolute Gasteiger partial charge is 0.161 e. The second kappa shape index (κ2) is 7.56. The Bertz CT molecular complexity index is 652. The van der Waals surface area contributed by atoms with Crippen LogP contribution in [0.4, 0.5) is 5.69 Å². The van der Waals surface area contributed by atoms with E-state index in [9.17, 15) is 0 Å². The molecule has 21 heavy (non-hydrogen) atoms. The normalized spacial score (nSPS) is 10.3. The van der Waals surface area contributed by atoms with Crippen molar-refractivity contribution in [2.75, 3.05) is 19.5 Å². The molecule has 0 aliphatic heterocycles. The Morgan fingerprint density at radius 2 is 1.81 bits per heavy atom. The Morgan fingerprint density at radius 3 is 2.43 bits per heavy atom. The van der Waals surface area contributed by atoms with Crippen molar-refractivity contribution in [3.8, 4) is 11.5 Å². The highest BCUT2D eigenvalue weighted by molar-refractivity contribution is 14.1. The molecule has 6 heteroatoms. The zero-order chi connectivity index (χ0) is 15.4. The van der Waals surface area contributed by atoms with E-state index in [0.717, 1.165) is 19.3 Å². The van der Waals surface area contributed by atoms with Gasteiger partial charge in [0.15, 0.2) is 11.5 Å². The zero-order valence-corrected chi connectivity index (χ0v) is 16.0. The molecule has 112 valence electrons. The minimum Gasteiger partial charge on any atom is -0.493 e. The van der Waals surface area contributed by atoms with Crippen LogP contribution in [0.3, 0.4) is 0 Å². The molecule has 0 aromatic heterocycles. The topological polar surface area (TPSA) is 30.5 Å². The Hall–Kier alpha value is -0.660. The number of rotatable bonds is 5. The summed E-state index contributed by atoms with van der Waals surface area (Å²) >= 11 is 12.0. The number of hydrogen-bond acceptors (Lipinski definition) is 3.